The Bertz CT molecular complexity index is 1410. The average Bonchev–Trinajstić information content (AvgIpc) is 3.24. The molecule has 2 aromatic carbocycles. The van der Waals surface area contributed by atoms with Crippen LogP contribution in [-0.4, -0.2) is 23.1 Å². The zero-order valence-corrected chi connectivity index (χ0v) is 19.6. The molecule has 0 fully saturated rings. The molecule has 1 N–H and O–H groups in total. The lowest BCUT2D eigenvalue weighted by Gasteiger charge is -2.14. The first kappa shape index (κ1) is 23.2. The molecular weight excluding hydrogens is 456 g/mol. The number of alkyl carbamates (subject to hydrolysis) is 1. The number of fused-ring (bicyclic) bond motifs is 1. The molecule has 0 saturated carbocycles. The molecule has 0 bridgehead atoms. The predicted molar refractivity (Wildman–Crippen MR) is 128 cm³/mol. The van der Waals surface area contributed by atoms with Crippen LogP contribution >= 0.6 is 11.3 Å². The van der Waals surface area contributed by atoms with Gasteiger partial charge in [-0.2, -0.15) is 0 Å². The Labute approximate surface area is 199 Å². The number of aryl methyl sites for hydroxylation is 2. The Morgan fingerprint density at radius 1 is 1.18 bits per heavy atom. The maximum absolute atomic E-state index is 13.0. The molecule has 0 unspecified atom stereocenters. The lowest BCUT2D eigenvalue weighted by molar-refractivity contribution is -0.136. The average molecular weight is 479 g/mol. The van der Waals surface area contributed by atoms with E-state index in [1.807, 2.05) is 42.6 Å². The largest absolute Gasteiger partial charge is 0.463 e. The lowest BCUT2D eigenvalue weighted by atomic mass is 10.1. The Kier molecular flexibility index (Phi) is 6.74. The fraction of sp³-hybridized carbons (Fsp3) is 0.200. The summed E-state index contributed by atoms with van der Waals surface area (Å²) in [7, 11) is 0. The van der Waals surface area contributed by atoms with E-state index in [1.54, 1.807) is 13.0 Å². The van der Waals surface area contributed by atoms with Crippen molar-refractivity contribution in [2.24, 2.45) is 0 Å². The van der Waals surface area contributed by atoms with Crippen LogP contribution in [0.4, 0.5) is 4.79 Å². The van der Waals surface area contributed by atoms with E-state index in [1.165, 1.54) is 30.6 Å². The van der Waals surface area contributed by atoms with Gasteiger partial charge in [0.15, 0.2) is 0 Å². The lowest BCUT2D eigenvalue weighted by Crippen LogP contribution is -2.41. The first-order valence-electron chi connectivity index (χ1n) is 10.5. The maximum Gasteiger partial charge on any atom is 0.408 e. The number of aromatic nitrogens is 1. The van der Waals surface area contributed by atoms with Gasteiger partial charge < -0.3 is 19.2 Å². The molecule has 0 saturated heterocycles. The molecule has 0 aliphatic heterocycles. The molecule has 2 aromatic heterocycles. The third-order valence-corrected chi connectivity index (χ3v) is 6.01. The predicted octanol–water partition coefficient (Wildman–Crippen LogP) is 4.75. The quantitative estimate of drug-likeness (QED) is 0.315. The van der Waals surface area contributed by atoms with Crippen molar-refractivity contribution in [2.75, 3.05) is 0 Å². The number of nitrogens with zero attached hydrogens (tertiary/aromatic N) is 1. The van der Waals surface area contributed by atoms with Crippen molar-refractivity contribution in [1.82, 2.24) is 10.3 Å². The molecule has 8 nitrogen and oxygen atoms in total. The van der Waals surface area contributed by atoms with Gasteiger partial charge in [-0.05, 0) is 38.0 Å². The maximum atomic E-state index is 13.0. The summed E-state index contributed by atoms with van der Waals surface area (Å²) in [4.78, 5) is 41.9. The highest BCUT2D eigenvalue weighted by molar-refractivity contribution is 7.13. The molecule has 4 aromatic rings. The van der Waals surface area contributed by atoms with Crippen molar-refractivity contribution >= 4 is 34.4 Å². The van der Waals surface area contributed by atoms with Gasteiger partial charge in [0.05, 0.1) is 10.9 Å². The van der Waals surface area contributed by atoms with Crippen molar-refractivity contribution < 1.29 is 23.5 Å². The summed E-state index contributed by atoms with van der Waals surface area (Å²) in [5.41, 5.74) is 2.70. The normalized spacial score (nSPS) is 11.7. The molecule has 1 atom stereocenters. The number of hydrogen-bond acceptors (Lipinski definition) is 8. The fourth-order valence-corrected chi connectivity index (χ4v) is 4.11. The fourth-order valence-electron chi connectivity index (χ4n) is 3.31. The highest BCUT2D eigenvalue weighted by Gasteiger charge is 2.20. The van der Waals surface area contributed by atoms with E-state index < -0.39 is 18.1 Å². The summed E-state index contributed by atoms with van der Waals surface area (Å²) in [6.07, 6.45) is 0.625. The first-order valence-corrected chi connectivity index (χ1v) is 11.4. The zero-order chi connectivity index (χ0) is 24.2. The first-order chi connectivity index (χ1) is 16.3. The van der Waals surface area contributed by atoms with Gasteiger partial charge in [0.2, 0.25) is 5.43 Å². The molecule has 34 heavy (non-hydrogen) atoms. The van der Waals surface area contributed by atoms with Gasteiger partial charge in [0.25, 0.3) is 0 Å². The van der Waals surface area contributed by atoms with Gasteiger partial charge in [-0.25, -0.2) is 14.6 Å². The molecule has 0 aliphatic rings. The van der Waals surface area contributed by atoms with Crippen molar-refractivity contribution in [1.29, 1.82) is 0 Å². The van der Waals surface area contributed by atoms with Gasteiger partial charge in [-0.15, -0.1) is 11.3 Å². The molecule has 0 radical (unpaired) electrons. The van der Waals surface area contributed by atoms with Gasteiger partial charge in [-0.3, -0.25) is 4.79 Å². The molecule has 9 heteroatoms. The molecule has 4 rings (SSSR count). The number of amides is 1. The highest BCUT2D eigenvalue weighted by Crippen LogP contribution is 2.27. The number of hydrogen-bond donors (Lipinski definition) is 1. The molecule has 174 valence electrons. The Hall–Kier alpha value is -3.98. The van der Waals surface area contributed by atoms with Crippen molar-refractivity contribution in [3.05, 3.63) is 81.2 Å². The number of carbonyl (C=O) groups excluding carboxylic acids is 2. The van der Waals surface area contributed by atoms with Crippen LogP contribution in [0.5, 0.6) is 5.75 Å². The summed E-state index contributed by atoms with van der Waals surface area (Å²) in [5, 5.41) is 5.28. The van der Waals surface area contributed by atoms with E-state index in [2.05, 4.69) is 10.3 Å². The molecule has 0 spiro atoms. The van der Waals surface area contributed by atoms with Crippen LogP contribution in [0.25, 0.3) is 21.5 Å². The number of ether oxygens (including phenoxy) is 2. The van der Waals surface area contributed by atoms with E-state index in [0.717, 1.165) is 11.3 Å². The number of esters is 1. The zero-order valence-electron chi connectivity index (χ0n) is 18.8. The van der Waals surface area contributed by atoms with Crippen LogP contribution in [0, 0.1) is 13.8 Å². The van der Waals surface area contributed by atoms with Crippen LogP contribution in [0.3, 0.4) is 0 Å². The minimum absolute atomic E-state index is 0.0832. The van der Waals surface area contributed by atoms with Crippen LogP contribution in [0.15, 0.2) is 63.3 Å². The second-order valence-electron chi connectivity index (χ2n) is 7.73. The van der Waals surface area contributed by atoms with Gasteiger partial charge in [0, 0.05) is 17.1 Å². The van der Waals surface area contributed by atoms with E-state index >= 15 is 0 Å². The number of carbonyl (C=O) groups is 2. The van der Waals surface area contributed by atoms with Crippen LogP contribution in [0.1, 0.15) is 23.7 Å². The van der Waals surface area contributed by atoms with Gasteiger partial charge >= 0.3 is 12.1 Å². The molecule has 1 amide bonds. The molecular formula is C25H22N2O6S. The number of benzene rings is 2. The topological polar surface area (TPSA) is 108 Å². The molecule has 0 aliphatic carbocycles. The number of nitrogens with one attached hydrogen (secondary N) is 1. The van der Waals surface area contributed by atoms with Gasteiger partial charge in [0.1, 0.15) is 35.3 Å². The van der Waals surface area contributed by atoms with Crippen molar-refractivity contribution in [3.63, 3.8) is 0 Å². The Morgan fingerprint density at radius 3 is 2.65 bits per heavy atom. The minimum Gasteiger partial charge on any atom is -0.463 e. The van der Waals surface area contributed by atoms with E-state index in [0.29, 0.717) is 21.5 Å². The minimum atomic E-state index is -0.957. The van der Waals surface area contributed by atoms with Crippen molar-refractivity contribution in [2.45, 2.75) is 33.4 Å². The number of thiazole rings is 1. The van der Waals surface area contributed by atoms with E-state index in [9.17, 15) is 14.4 Å². The van der Waals surface area contributed by atoms with Crippen LogP contribution < -0.4 is 15.5 Å². The summed E-state index contributed by atoms with van der Waals surface area (Å²) in [6.45, 7) is 5.16. The summed E-state index contributed by atoms with van der Waals surface area (Å²) in [6, 6.07) is 11.3. The molecule has 2 heterocycles. The SMILES string of the molecule is Cc1csc(-c2coc3cc(OC(=O)[C@@H](C)NC(=O)OCc4ccccc4)cc(C)c3c2=O)n1. The van der Waals surface area contributed by atoms with Gasteiger partial charge in [-0.1, -0.05) is 30.3 Å². The Morgan fingerprint density at radius 2 is 1.94 bits per heavy atom. The monoisotopic (exact) mass is 478 g/mol. The summed E-state index contributed by atoms with van der Waals surface area (Å²) >= 11 is 1.37. The second kappa shape index (κ2) is 9.88. The summed E-state index contributed by atoms with van der Waals surface area (Å²) in [5.74, 6) is -0.491. The second-order valence-corrected chi connectivity index (χ2v) is 8.59. The third kappa shape index (κ3) is 5.15. The smallest absolute Gasteiger partial charge is 0.408 e. The van der Waals surface area contributed by atoms with Crippen LogP contribution in [-0.2, 0) is 16.1 Å². The van der Waals surface area contributed by atoms with Crippen LogP contribution in [0.2, 0.25) is 0 Å². The Balaban J connectivity index is 1.44. The van der Waals surface area contributed by atoms with Crippen molar-refractivity contribution in [3.8, 4) is 16.3 Å². The third-order valence-electron chi connectivity index (χ3n) is 5.02. The van der Waals surface area contributed by atoms with E-state index in [-0.39, 0.29) is 23.4 Å². The van der Waals surface area contributed by atoms with E-state index in [4.69, 9.17) is 13.9 Å². The number of rotatable bonds is 6. The highest BCUT2D eigenvalue weighted by atomic mass is 32.1. The standard InChI is InChI=1S/C25H22N2O6S/c1-14-9-18(10-20-21(14)22(28)19(12-31-20)23-26-15(2)13-34-23)33-24(29)16(3)27-25(30)32-11-17-7-5-4-6-8-17/h4-10,12-13,16H,11H2,1-3H3,(H,27,30)/t16-/m1/s1. The summed E-state index contributed by atoms with van der Waals surface area (Å²) < 4.78 is 16.2.